The predicted molar refractivity (Wildman–Crippen MR) is 85.2 cm³/mol. The Hall–Kier alpha value is -0.610. The molecule has 0 aliphatic carbocycles. The molecule has 0 aromatic heterocycles. The van der Waals surface area contributed by atoms with E-state index in [0.717, 1.165) is 25.8 Å². The lowest BCUT2D eigenvalue weighted by atomic mass is 9.89. The Morgan fingerprint density at radius 3 is 2.15 bits per heavy atom. The Morgan fingerprint density at radius 2 is 1.80 bits per heavy atom. The quantitative estimate of drug-likeness (QED) is 0.613. The van der Waals surface area contributed by atoms with E-state index in [-0.39, 0.29) is 6.04 Å². The zero-order chi connectivity index (χ0) is 15.8. The van der Waals surface area contributed by atoms with Crippen LogP contribution in [0.25, 0.3) is 0 Å². The first-order valence-corrected chi connectivity index (χ1v) is 8.04. The summed E-state index contributed by atoms with van der Waals surface area (Å²) in [4.78, 5) is 14.0. The monoisotopic (exact) mass is 286 g/mol. The number of carboxylic acids is 1. The van der Waals surface area contributed by atoms with Gasteiger partial charge in [0.05, 0.1) is 0 Å². The summed E-state index contributed by atoms with van der Waals surface area (Å²) in [5.74, 6) is -0.723. The maximum absolute atomic E-state index is 11.6. The first-order chi connectivity index (χ1) is 9.32. The Labute approximate surface area is 124 Å². The van der Waals surface area contributed by atoms with Gasteiger partial charge in [0.25, 0.3) is 0 Å². The Bertz CT molecular complexity index is 278. The molecule has 0 aliphatic rings. The van der Waals surface area contributed by atoms with Gasteiger partial charge in [0.2, 0.25) is 0 Å². The third kappa shape index (κ3) is 5.80. The molecule has 0 aliphatic heterocycles. The third-order valence-corrected chi connectivity index (χ3v) is 4.26. The molecule has 4 heteroatoms. The summed E-state index contributed by atoms with van der Waals surface area (Å²) >= 11 is 0. The van der Waals surface area contributed by atoms with Crippen molar-refractivity contribution in [2.24, 2.45) is 0 Å². The van der Waals surface area contributed by atoms with Crippen molar-refractivity contribution in [1.82, 2.24) is 10.2 Å². The fraction of sp³-hybridized carbons (Fsp3) is 0.938. The average molecular weight is 286 g/mol. The van der Waals surface area contributed by atoms with Crippen molar-refractivity contribution in [1.29, 1.82) is 0 Å². The van der Waals surface area contributed by atoms with Gasteiger partial charge < -0.3 is 10.0 Å². The highest BCUT2D eigenvalue weighted by Crippen LogP contribution is 2.20. The van der Waals surface area contributed by atoms with Crippen LogP contribution >= 0.6 is 0 Å². The second-order valence-electron chi connectivity index (χ2n) is 6.09. The number of hydrogen-bond acceptors (Lipinski definition) is 3. The maximum atomic E-state index is 11.6. The van der Waals surface area contributed by atoms with Crippen molar-refractivity contribution in [2.45, 2.75) is 84.3 Å². The summed E-state index contributed by atoms with van der Waals surface area (Å²) in [6, 6.07) is 0.789. The smallest absolute Gasteiger partial charge is 0.323 e. The van der Waals surface area contributed by atoms with Gasteiger partial charge >= 0.3 is 5.97 Å². The molecule has 120 valence electrons. The highest BCUT2D eigenvalue weighted by atomic mass is 16.4. The van der Waals surface area contributed by atoms with Crippen LogP contribution in [0, 0.1) is 0 Å². The van der Waals surface area contributed by atoms with Gasteiger partial charge in [-0.25, -0.2) is 0 Å². The minimum absolute atomic E-state index is 0.183. The molecule has 0 heterocycles. The molecule has 0 aromatic rings. The molecule has 0 fully saturated rings. The Kier molecular flexibility index (Phi) is 9.06. The summed E-state index contributed by atoms with van der Waals surface area (Å²) in [6.45, 7) is 11.3. The highest BCUT2D eigenvalue weighted by molar-refractivity contribution is 5.78. The van der Waals surface area contributed by atoms with Crippen LogP contribution in [0.4, 0.5) is 0 Å². The standard InChI is InChI=1S/C16H34N2O2/c1-7-14(8-2)18(6)12-10-11-16(9-3,15(19)20)17-13(4)5/h13-14,17H,7-12H2,1-6H3,(H,19,20). The van der Waals surface area contributed by atoms with Crippen molar-refractivity contribution < 1.29 is 9.90 Å². The zero-order valence-electron chi connectivity index (χ0n) is 14.2. The van der Waals surface area contributed by atoms with Crippen molar-refractivity contribution in [3.05, 3.63) is 0 Å². The van der Waals surface area contributed by atoms with Gasteiger partial charge in [-0.3, -0.25) is 10.1 Å². The van der Waals surface area contributed by atoms with Crippen LogP contribution in [0.15, 0.2) is 0 Å². The van der Waals surface area contributed by atoms with E-state index in [4.69, 9.17) is 0 Å². The van der Waals surface area contributed by atoms with Crippen LogP contribution in [0.2, 0.25) is 0 Å². The molecule has 1 unspecified atom stereocenters. The Balaban J connectivity index is 4.51. The molecule has 0 rings (SSSR count). The molecule has 0 bridgehead atoms. The molecule has 0 spiro atoms. The SMILES string of the molecule is CCC(CC)N(C)CCCC(CC)(NC(C)C)C(=O)O. The Morgan fingerprint density at radius 1 is 1.25 bits per heavy atom. The van der Waals surface area contributed by atoms with Gasteiger partial charge in [-0.15, -0.1) is 0 Å². The van der Waals surface area contributed by atoms with Gasteiger partial charge in [0, 0.05) is 12.1 Å². The zero-order valence-corrected chi connectivity index (χ0v) is 14.2. The van der Waals surface area contributed by atoms with Crippen LogP contribution in [0.1, 0.15) is 66.7 Å². The van der Waals surface area contributed by atoms with Crippen molar-refractivity contribution in [2.75, 3.05) is 13.6 Å². The number of rotatable bonds is 11. The minimum Gasteiger partial charge on any atom is -0.480 e. The van der Waals surface area contributed by atoms with Gasteiger partial charge in [0.15, 0.2) is 0 Å². The van der Waals surface area contributed by atoms with Crippen LogP contribution in [0.5, 0.6) is 0 Å². The number of nitrogens with zero attached hydrogens (tertiary/aromatic N) is 1. The molecule has 0 amide bonds. The first kappa shape index (κ1) is 19.4. The topological polar surface area (TPSA) is 52.6 Å². The van der Waals surface area contributed by atoms with E-state index in [1.54, 1.807) is 0 Å². The molecule has 0 radical (unpaired) electrons. The average Bonchev–Trinajstić information content (AvgIpc) is 2.38. The van der Waals surface area contributed by atoms with Gasteiger partial charge in [-0.05, 0) is 59.5 Å². The van der Waals surface area contributed by atoms with Crippen molar-refractivity contribution in [3.8, 4) is 0 Å². The second-order valence-corrected chi connectivity index (χ2v) is 6.09. The predicted octanol–water partition coefficient (Wildman–Crippen LogP) is 3.12. The number of aliphatic carboxylic acids is 1. The summed E-state index contributed by atoms with van der Waals surface area (Å²) in [6.07, 6.45) is 4.51. The number of carboxylic acid groups (broad SMARTS) is 1. The van der Waals surface area contributed by atoms with Crippen molar-refractivity contribution in [3.63, 3.8) is 0 Å². The number of hydrogen-bond donors (Lipinski definition) is 2. The molecular weight excluding hydrogens is 252 g/mol. The van der Waals surface area contributed by atoms with E-state index in [1.165, 1.54) is 0 Å². The van der Waals surface area contributed by atoms with Crippen LogP contribution < -0.4 is 5.32 Å². The van der Waals surface area contributed by atoms with Gasteiger partial charge in [-0.2, -0.15) is 0 Å². The molecule has 20 heavy (non-hydrogen) atoms. The molecule has 2 N–H and O–H groups in total. The first-order valence-electron chi connectivity index (χ1n) is 8.04. The third-order valence-electron chi connectivity index (χ3n) is 4.26. The summed E-state index contributed by atoms with van der Waals surface area (Å²) < 4.78 is 0. The van der Waals surface area contributed by atoms with E-state index < -0.39 is 11.5 Å². The fourth-order valence-electron chi connectivity index (χ4n) is 2.95. The summed E-state index contributed by atoms with van der Waals surface area (Å²) in [5.41, 5.74) is -0.775. The van der Waals surface area contributed by atoms with Gasteiger partial charge in [0.1, 0.15) is 5.54 Å². The molecule has 0 saturated heterocycles. The minimum atomic E-state index is -0.775. The van der Waals surface area contributed by atoms with Gasteiger partial charge in [-0.1, -0.05) is 20.8 Å². The summed E-state index contributed by atoms with van der Waals surface area (Å²) in [7, 11) is 2.14. The van der Waals surface area contributed by atoms with E-state index in [0.29, 0.717) is 18.9 Å². The molecule has 1 atom stereocenters. The molecule has 4 nitrogen and oxygen atoms in total. The van der Waals surface area contributed by atoms with Crippen LogP contribution in [0.3, 0.4) is 0 Å². The fourth-order valence-corrected chi connectivity index (χ4v) is 2.95. The van der Waals surface area contributed by atoms with Crippen molar-refractivity contribution >= 4 is 5.97 Å². The van der Waals surface area contributed by atoms with E-state index in [2.05, 4.69) is 31.1 Å². The largest absolute Gasteiger partial charge is 0.480 e. The van der Waals surface area contributed by atoms with Crippen LogP contribution in [-0.2, 0) is 4.79 Å². The highest BCUT2D eigenvalue weighted by Gasteiger charge is 2.36. The summed E-state index contributed by atoms with van der Waals surface area (Å²) in [5, 5.41) is 12.8. The van der Waals surface area contributed by atoms with E-state index in [9.17, 15) is 9.90 Å². The van der Waals surface area contributed by atoms with Crippen LogP contribution in [-0.4, -0.2) is 47.2 Å². The lowest BCUT2D eigenvalue weighted by Crippen LogP contribution is -2.54. The molecule has 0 saturated carbocycles. The molecule has 0 aromatic carbocycles. The maximum Gasteiger partial charge on any atom is 0.323 e. The number of carbonyl (C=O) groups is 1. The van der Waals surface area contributed by atoms with E-state index in [1.807, 2.05) is 20.8 Å². The normalized spacial score (nSPS) is 15.1. The van der Waals surface area contributed by atoms with E-state index >= 15 is 0 Å². The molecular formula is C16H34N2O2. The number of nitrogens with one attached hydrogen (secondary N) is 1. The lowest BCUT2D eigenvalue weighted by Gasteiger charge is -2.33. The lowest BCUT2D eigenvalue weighted by molar-refractivity contribution is -0.145. The second kappa shape index (κ2) is 9.35.